The van der Waals surface area contributed by atoms with E-state index in [9.17, 15) is 14.3 Å². The number of nitrogens with one attached hydrogen (secondary N) is 1. The molecule has 10 heteroatoms. The molecule has 2 aliphatic heterocycles. The second-order valence-corrected chi connectivity index (χ2v) is 9.24. The van der Waals surface area contributed by atoms with Crippen LogP contribution in [0.15, 0.2) is 30.6 Å². The summed E-state index contributed by atoms with van der Waals surface area (Å²) in [5.74, 6) is -1.24. The quantitative estimate of drug-likeness (QED) is 0.506. The molecule has 5 rings (SSSR count). The van der Waals surface area contributed by atoms with E-state index in [2.05, 4.69) is 20.2 Å². The zero-order valence-electron chi connectivity index (χ0n) is 19.7. The lowest BCUT2D eigenvalue weighted by atomic mass is 10.1. The fourth-order valence-electron chi connectivity index (χ4n) is 5.34. The molecule has 35 heavy (non-hydrogen) atoms. The largest absolute Gasteiger partial charge is 0.520 e. The molecule has 184 valence electrons. The fraction of sp³-hybridized carbons (Fsp3) is 0.400. The molecule has 1 unspecified atom stereocenters. The number of carboxylic acid groups (broad SMARTS) is 1. The second kappa shape index (κ2) is 9.01. The van der Waals surface area contributed by atoms with Crippen LogP contribution in [-0.4, -0.2) is 60.1 Å². The Bertz CT molecular complexity index is 1300. The van der Waals surface area contributed by atoms with Crippen LogP contribution in [0.2, 0.25) is 0 Å². The Balaban J connectivity index is 1.68. The van der Waals surface area contributed by atoms with Gasteiger partial charge in [-0.3, -0.25) is 4.98 Å². The topological polar surface area (TPSA) is 87.6 Å². The Morgan fingerprint density at radius 2 is 2.00 bits per heavy atom. The van der Waals surface area contributed by atoms with Crippen molar-refractivity contribution >= 4 is 39.9 Å². The average Bonchev–Trinajstić information content (AvgIpc) is 3.23. The maximum Gasteiger partial charge on any atom is 0.520 e. The van der Waals surface area contributed by atoms with Crippen LogP contribution in [0.4, 0.5) is 36.5 Å². The number of aromatic nitrogens is 2. The Morgan fingerprint density at radius 1 is 1.23 bits per heavy atom. The highest BCUT2D eigenvalue weighted by Gasteiger charge is 2.51. The van der Waals surface area contributed by atoms with Gasteiger partial charge in [-0.2, -0.15) is 14.3 Å². The predicted molar refractivity (Wildman–Crippen MR) is 130 cm³/mol. The maximum absolute atomic E-state index is 15.1. The number of hydrogen-bond donors (Lipinski definition) is 2. The van der Waals surface area contributed by atoms with Gasteiger partial charge in [-0.05, 0) is 19.9 Å². The van der Waals surface area contributed by atoms with Crippen LogP contribution in [0.1, 0.15) is 25.3 Å². The molecule has 8 nitrogen and oxygen atoms in total. The number of hydrogen-bond acceptors (Lipinski definition) is 6. The second-order valence-electron chi connectivity index (χ2n) is 9.24. The summed E-state index contributed by atoms with van der Waals surface area (Å²) in [6.07, 6.45) is 3.79. The smallest absolute Gasteiger partial charge is 0.435 e. The molecule has 2 aliphatic rings. The molecule has 1 aromatic carbocycles. The number of ether oxygens (including phenoxy) is 1. The molecule has 2 N–H and O–H groups in total. The van der Waals surface area contributed by atoms with Gasteiger partial charge in [-0.1, -0.05) is 0 Å². The summed E-state index contributed by atoms with van der Waals surface area (Å²) in [5, 5.41) is 13.7. The third kappa shape index (κ3) is 3.96. The summed E-state index contributed by atoms with van der Waals surface area (Å²) < 4.78 is 34.4. The first kappa shape index (κ1) is 23.4. The monoisotopic (exact) mass is 484 g/mol. The number of quaternary nitrogens is 1. The molecule has 0 spiro atoms. The van der Waals surface area contributed by atoms with E-state index >= 15 is 4.39 Å². The van der Waals surface area contributed by atoms with Gasteiger partial charge in [0, 0.05) is 38.1 Å². The van der Waals surface area contributed by atoms with Gasteiger partial charge in [0.25, 0.3) is 0 Å². The van der Waals surface area contributed by atoms with Crippen molar-refractivity contribution in [3.63, 3.8) is 0 Å². The Hall–Kier alpha value is -3.37. The number of carbonyl (C=O) groups is 1. The number of anilines is 3. The number of rotatable bonds is 4. The number of fused-ring (bicyclic) bond motifs is 1. The number of morpholine rings is 1. The van der Waals surface area contributed by atoms with Gasteiger partial charge in [0.2, 0.25) is 5.82 Å². The molecule has 0 aliphatic carbocycles. The lowest BCUT2D eigenvalue weighted by Gasteiger charge is -2.33. The van der Waals surface area contributed by atoms with E-state index in [1.807, 2.05) is 13.0 Å². The van der Waals surface area contributed by atoms with Crippen LogP contribution in [-0.2, 0) is 4.74 Å². The molecular weight excluding hydrogens is 456 g/mol. The van der Waals surface area contributed by atoms with Crippen molar-refractivity contribution in [2.45, 2.75) is 32.7 Å². The minimum atomic E-state index is -1.02. The highest BCUT2D eigenvalue weighted by molar-refractivity contribution is 5.99. The van der Waals surface area contributed by atoms with Crippen molar-refractivity contribution in [1.82, 2.24) is 14.5 Å². The SMILES string of the molecule is Cc1c([N+]2(C(=O)O)CCC[C@H]2C)nc2cc(F)cc(F)c2c1Nc1cncc(N2CCOCC2)c1. The highest BCUT2D eigenvalue weighted by atomic mass is 19.1. The number of likely N-dealkylation sites (tertiary alicyclic amines) is 1. The van der Waals surface area contributed by atoms with Crippen LogP contribution in [0.3, 0.4) is 0 Å². The summed E-state index contributed by atoms with van der Waals surface area (Å²) >= 11 is 0. The number of halogens is 2. The van der Waals surface area contributed by atoms with Gasteiger partial charge < -0.3 is 20.1 Å². The van der Waals surface area contributed by atoms with E-state index in [0.29, 0.717) is 42.5 Å². The molecule has 0 radical (unpaired) electrons. The van der Waals surface area contributed by atoms with Crippen molar-refractivity contribution < 1.29 is 23.4 Å². The number of nitrogens with zero attached hydrogens (tertiary/aromatic N) is 4. The Morgan fingerprint density at radius 3 is 2.69 bits per heavy atom. The van der Waals surface area contributed by atoms with E-state index in [4.69, 9.17) is 4.74 Å². The van der Waals surface area contributed by atoms with Gasteiger partial charge in [-0.25, -0.2) is 8.78 Å². The fourth-order valence-corrected chi connectivity index (χ4v) is 5.34. The highest BCUT2D eigenvalue weighted by Crippen LogP contribution is 2.42. The van der Waals surface area contributed by atoms with Crippen molar-refractivity contribution in [2.24, 2.45) is 0 Å². The van der Waals surface area contributed by atoms with Gasteiger partial charge in [0.15, 0.2) is 0 Å². The van der Waals surface area contributed by atoms with Crippen LogP contribution in [0.5, 0.6) is 0 Å². The maximum atomic E-state index is 15.1. The van der Waals surface area contributed by atoms with E-state index in [1.165, 1.54) is 0 Å². The lowest BCUT2D eigenvalue weighted by Crippen LogP contribution is -2.56. The first-order chi connectivity index (χ1) is 16.8. The molecule has 2 saturated heterocycles. The summed E-state index contributed by atoms with van der Waals surface area (Å²) in [4.78, 5) is 23.6. The van der Waals surface area contributed by atoms with Gasteiger partial charge >= 0.3 is 6.09 Å². The molecular formula is C25H28F2N5O3+. The van der Waals surface area contributed by atoms with Crippen LogP contribution >= 0.6 is 0 Å². The van der Waals surface area contributed by atoms with E-state index < -0.39 is 17.7 Å². The number of pyridine rings is 2. The van der Waals surface area contributed by atoms with Crippen LogP contribution in [0.25, 0.3) is 10.9 Å². The number of benzene rings is 1. The molecule has 4 heterocycles. The summed E-state index contributed by atoms with van der Waals surface area (Å²) in [6.45, 7) is 6.69. The first-order valence-electron chi connectivity index (χ1n) is 11.8. The van der Waals surface area contributed by atoms with Gasteiger partial charge in [0.05, 0.1) is 65.7 Å². The predicted octanol–water partition coefficient (Wildman–Crippen LogP) is 4.96. The minimum Gasteiger partial charge on any atom is -0.435 e. The third-order valence-corrected chi connectivity index (χ3v) is 7.19. The molecule has 0 bridgehead atoms. The van der Waals surface area contributed by atoms with Crippen molar-refractivity contribution in [2.75, 3.05) is 43.1 Å². The average molecular weight is 485 g/mol. The summed E-state index contributed by atoms with van der Waals surface area (Å²) in [6, 6.07) is 3.64. The molecule has 3 aromatic rings. The van der Waals surface area contributed by atoms with Gasteiger partial charge in [-0.15, -0.1) is 0 Å². The van der Waals surface area contributed by atoms with Crippen LogP contribution in [0, 0.1) is 18.6 Å². The first-order valence-corrected chi connectivity index (χ1v) is 11.8. The zero-order valence-corrected chi connectivity index (χ0v) is 19.7. The molecule has 0 saturated carbocycles. The third-order valence-electron chi connectivity index (χ3n) is 7.19. The van der Waals surface area contributed by atoms with E-state index in [1.54, 1.807) is 19.3 Å². The van der Waals surface area contributed by atoms with Crippen molar-refractivity contribution in [3.05, 3.63) is 47.8 Å². The van der Waals surface area contributed by atoms with Crippen molar-refractivity contribution in [3.8, 4) is 0 Å². The normalized spacial score (nSPS) is 22.5. The standard InChI is InChI=1S/C25H27F2N5O3/c1-15-4-3-7-32(15,25(33)34)24-16(2)23(22-20(27)10-17(26)11-21(22)30-24)29-18-12-19(14-28-13-18)31-5-8-35-9-6-31/h10-15H,3-9H2,1-2H3,(H-,29,30,33,34)/p+1/t15-,32?/m1/s1. The van der Waals surface area contributed by atoms with Crippen LogP contribution < -0.4 is 14.7 Å². The summed E-state index contributed by atoms with van der Waals surface area (Å²) in [5.41, 5.74) is 2.44. The lowest BCUT2D eigenvalue weighted by molar-refractivity contribution is 0.122. The summed E-state index contributed by atoms with van der Waals surface area (Å²) in [7, 11) is 0. The molecule has 1 amide bonds. The Labute approximate surface area is 201 Å². The minimum absolute atomic E-state index is 0.0701. The van der Waals surface area contributed by atoms with Gasteiger partial charge in [0.1, 0.15) is 17.7 Å². The van der Waals surface area contributed by atoms with E-state index in [0.717, 1.165) is 43.8 Å². The van der Waals surface area contributed by atoms with Crippen molar-refractivity contribution in [1.29, 1.82) is 0 Å². The molecule has 2 fully saturated rings. The Kier molecular flexibility index (Phi) is 6.02. The van der Waals surface area contributed by atoms with E-state index in [-0.39, 0.29) is 21.4 Å². The number of amides is 1. The molecule has 2 aromatic heterocycles. The zero-order chi connectivity index (χ0) is 24.7. The molecule has 2 atom stereocenters.